The molecule has 0 aromatic rings. The summed E-state index contributed by atoms with van der Waals surface area (Å²) in [6.07, 6.45) is 7.64. The van der Waals surface area contributed by atoms with Crippen LogP contribution in [-0.2, 0) is 9.59 Å². The van der Waals surface area contributed by atoms with E-state index in [1.54, 1.807) is 6.08 Å². The van der Waals surface area contributed by atoms with Crippen molar-refractivity contribution >= 4 is 11.8 Å². The van der Waals surface area contributed by atoms with E-state index in [2.05, 4.69) is 10.6 Å². The van der Waals surface area contributed by atoms with Gasteiger partial charge in [-0.15, -0.1) is 0 Å². The largest absolute Gasteiger partial charge is 0.356 e. The summed E-state index contributed by atoms with van der Waals surface area (Å²) in [6, 6.07) is 0. The first kappa shape index (κ1) is 21.0. The molecule has 4 nitrogen and oxygen atoms in total. The highest BCUT2D eigenvalue weighted by molar-refractivity contribution is 5.87. The van der Waals surface area contributed by atoms with E-state index in [0.29, 0.717) is 5.92 Å². The summed E-state index contributed by atoms with van der Waals surface area (Å²) in [4.78, 5) is 21.9. The summed E-state index contributed by atoms with van der Waals surface area (Å²) in [5.74, 6) is 0.422. The van der Waals surface area contributed by atoms with E-state index in [1.807, 2.05) is 33.8 Å². The van der Waals surface area contributed by atoms with Gasteiger partial charge in [0.05, 0.1) is 0 Å². The minimum atomic E-state index is -0.0121. The van der Waals surface area contributed by atoms with E-state index in [0.717, 1.165) is 38.8 Å². The Morgan fingerprint density at radius 2 is 1.50 bits per heavy atom. The first-order valence-corrected chi connectivity index (χ1v) is 7.73. The molecule has 0 fully saturated rings. The molecule has 0 atom stereocenters. The first-order chi connectivity index (χ1) is 9.52. The van der Waals surface area contributed by atoms with Gasteiger partial charge < -0.3 is 10.6 Å². The van der Waals surface area contributed by atoms with Crippen LogP contribution in [0.4, 0.5) is 0 Å². The van der Waals surface area contributed by atoms with Gasteiger partial charge in [0.2, 0.25) is 11.8 Å². The molecule has 0 unspecified atom stereocenters. The number of nitrogens with one attached hydrogen (secondary N) is 2. The van der Waals surface area contributed by atoms with E-state index >= 15 is 0 Å². The highest BCUT2D eigenvalue weighted by Crippen LogP contribution is 1.98. The minimum Gasteiger partial charge on any atom is -0.356 e. The van der Waals surface area contributed by atoms with Crippen LogP contribution in [0.3, 0.4) is 0 Å². The van der Waals surface area contributed by atoms with Crippen molar-refractivity contribution in [3.63, 3.8) is 0 Å². The Labute approximate surface area is 127 Å². The standard InChI is InChI=1S/C14H26N2O2.C2H6.2H2/c1-12(2)8-9-14(18)16-11-7-5-4-6-10-15-13(3)17;1-2;;/h8-9,12H,4-7,10-11H2,1-3H3,(H,15,17)(H,16,18);1-2H3;2*1H/b9-8+;;;. The monoisotopic (exact) mass is 288 g/mol. The van der Waals surface area contributed by atoms with E-state index in [4.69, 9.17) is 0 Å². The summed E-state index contributed by atoms with van der Waals surface area (Å²) < 4.78 is 0. The molecule has 20 heavy (non-hydrogen) atoms. The van der Waals surface area contributed by atoms with Gasteiger partial charge in [0.25, 0.3) is 0 Å². The molecule has 0 radical (unpaired) electrons. The molecule has 0 bridgehead atoms. The first-order valence-electron chi connectivity index (χ1n) is 7.73. The maximum Gasteiger partial charge on any atom is 0.243 e. The van der Waals surface area contributed by atoms with Crippen molar-refractivity contribution in [2.24, 2.45) is 5.92 Å². The third-order valence-electron chi connectivity index (χ3n) is 2.41. The predicted molar refractivity (Wildman–Crippen MR) is 89.7 cm³/mol. The van der Waals surface area contributed by atoms with Gasteiger partial charge in [0.1, 0.15) is 0 Å². The number of amides is 2. The molecule has 0 rings (SSSR count). The van der Waals surface area contributed by atoms with E-state index in [-0.39, 0.29) is 14.7 Å². The Hall–Kier alpha value is -1.32. The van der Waals surface area contributed by atoms with Gasteiger partial charge in [-0.3, -0.25) is 9.59 Å². The highest BCUT2D eigenvalue weighted by atomic mass is 16.2. The molecule has 2 N–H and O–H groups in total. The lowest BCUT2D eigenvalue weighted by molar-refractivity contribution is -0.119. The molecule has 0 saturated carbocycles. The van der Waals surface area contributed by atoms with E-state index < -0.39 is 0 Å². The van der Waals surface area contributed by atoms with Crippen molar-refractivity contribution in [1.29, 1.82) is 0 Å². The molecular formula is C16H36N2O2. The maximum atomic E-state index is 11.3. The molecule has 0 spiro atoms. The van der Waals surface area contributed by atoms with Crippen LogP contribution in [0.25, 0.3) is 0 Å². The number of rotatable bonds is 9. The second kappa shape index (κ2) is 15.7. The number of hydrogen-bond donors (Lipinski definition) is 2. The molecule has 0 heterocycles. The fraction of sp³-hybridized carbons (Fsp3) is 0.750. The second-order valence-corrected chi connectivity index (χ2v) is 4.79. The minimum absolute atomic E-state index is 0. The molecule has 122 valence electrons. The van der Waals surface area contributed by atoms with Crippen LogP contribution in [0.5, 0.6) is 0 Å². The number of unbranched alkanes of at least 4 members (excludes halogenated alkanes) is 3. The quantitative estimate of drug-likeness (QED) is 0.504. The molecule has 0 aliphatic rings. The van der Waals surface area contributed by atoms with Gasteiger partial charge >= 0.3 is 0 Å². The Morgan fingerprint density at radius 3 is 1.95 bits per heavy atom. The lowest BCUT2D eigenvalue weighted by Gasteiger charge is -2.03. The van der Waals surface area contributed by atoms with Crippen molar-refractivity contribution in [2.75, 3.05) is 13.1 Å². The van der Waals surface area contributed by atoms with Gasteiger partial charge in [-0.1, -0.05) is 46.6 Å². The third kappa shape index (κ3) is 19.0. The fourth-order valence-electron chi connectivity index (χ4n) is 1.42. The van der Waals surface area contributed by atoms with E-state index in [1.165, 1.54) is 6.92 Å². The Kier molecular flexibility index (Phi) is 16.5. The molecule has 0 aliphatic heterocycles. The average Bonchev–Trinajstić information content (AvgIpc) is 2.41. The predicted octanol–water partition coefficient (Wildman–Crippen LogP) is 3.53. The summed E-state index contributed by atoms with van der Waals surface area (Å²) in [5.41, 5.74) is 0. The van der Waals surface area contributed by atoms with E-state index in [9.17, 15) is 9.59 Å². The smallest absolute Gasteiger partial charge is 0.243 e. The van der Waals surface area contributed by atoms with Gasteiger partial charge in [-0.25, -0.2) is 0 Å². The summed E-state index contributed by atoms with van der Waals surface area (Å²) in [6.45, 7) is 11.1. The van der Waals surface area contributed by atoms with Crippen molar-refractivity contribution in [3.05, 3.63) is 12.2 Å². The SMILES string of the molecule is CC.CC(=O)NCCCCCCNC(=O)/C=C/C(C)C.[HH].[HH]. The number of allylic oxidation sites excluding steroid dienone is 1. The van der Waals surface area contributed by atoms with Crippen molar-refractivity contribution < 1.29 is 12.4 Å². The fourth-order valence-corrected chi connectivity index (χ4v) is 1.42. The van der Waals surface area contributed by atoms with Crippen LogP contribution in [0, 0.1) is 5.92 Å². The average molecular weight is 288 g/mol. The normalized spacial score (nSPS) is 10.1. The maximum absolute atomic E-state index is 11.3. The molecular weight excluding hydrogens is 252 g/mol. The van der Waals surface area contributed by atoms with Crippen LogP contribution < -0.4 is 10.6 Å². The van der Waals surface area contributed by atoms with Crippen LogP contribution >= 0.6 is 0 Å². The lowest BCUT2D eigenvalue weighted by Crippen LogP contribution is -2.22. The van der Waals surface area contributed by atoms with Gasteiger partial charge in [0, 0.05) is 22.9 Å². The summed E-state index contributed by atoms with van der Waals surface area (Å²) in [5, 5.41) is 5.62. The Morgan fingerprint density at radius 1 is 1.00 bits per heavy atom. The van der Waals surface area contributed by atoms with Gasteiger partial charge in [-0.05, 0) is 24.8 Å². The summed E-state index contributed by atoms with van der Waals surface area (Å²) >= 11 is 0. The zero-order valence-electron chi connectivity index (χ0n) is 13.8. The van der Waals surface area contributed by atoms with Crippen molar-refractivity contribution in [1.82, 2.24) is 10.6 Å². The molecule has 0 aliphatic carbocycles. The zero-order chi connectivity index (χ0) is 15.8. The molecule has 2 amide bonds. The van der Waals surface area contributed by atoms with Crippen LogP contribution in [0.1, 0.15) is 63.2 Å². The molecule has 4 heteroatoms. The van der Waals surface area contributed by atoms with Crippen molar-refractivity contribution in [3.8, 4) is 0 Å². The lowest BCUT2D eigenvalue weighted by atomic mass is 10.2. The van der Waals surface area contributed by atoms with Gasteiger partial charge in [0.15, 0.2) is 0 Å². The Balaban J connectivity index is -0.000000387. The molecule has 0 aromatic carbocycles. The zero-order valence-corrected chi connectivity index (χ0v) is 13.8. The third-order valence-corrected chi connectivity index (χ3v) is 2.41. The Bertz CT molecular complexity index is 283. The number of carbonyl (C=O) groups is 2. The van der Waals surface area contributed by atoms with Crippen molar-refractivity contribution in [2.45, 2.75) is 60.3 Å². The second-order valence-electron chi connectivity index (χ2n) is 4.79. The van der Waals surface area contributed by atoms with Crippen LogP contribution in [-0.4, -0.2) is 24.9 Å². The highest BCUT2D eigenvalue weighted by Gasteiger charge is 1.96. The van der Waals surface area contributed by atoms with Crippen LogP contribution in [0.15, 0.2) is 12.2 Å². The molecule has 0 aromatic heterocycles. The van der Waals surface area contributed by atoms with Crippen LogP contribution in [0.2, 0.25) is 0 Å². The van der Waals surface area contributed by atoms with Gasteiger partial charge in [-0.2, -0.15) is 0 Å². The molecule has 0 saturated heterocycles. The topological polar surface area (TPSA) is 58.2 Å². The summed E-state index contributed by atoms with van der Waals surface area (Å²) in [7, 11) is 0. The number of carbonyl (C=O) groups excluding carboxylic acids is 2. The number of hydrogen-bond acceptors (Lipinski definition) is 2.